The van der Waals surface area contributed by atoms with E-state index in [1.807, 2.05) is 6.07 Å². The van der Waals surface area contributed by atoms with Crippen LogP contribution in [0, 0.1) is 5.82 Å². The lowest BCUT2D eigenvalue weighted by molar-refractivity contribution is -0.144. The van der Waals surface area contributed by atoms with Crippen LogP contribution >= 0.6 is 0 Å². The van der Waals surface area contributed by atoms with Gasteiger partial charge in [-0.2, -0.15) is 0 Å². The highest BCUT2D eigenvalue weighted by Crippen LogP contribution is 2.25. The van der Waals surface area contributed by atoms with Crippen molar-refractivity contribution < 1.29 is 23.5 Å². The second-order valence-corrected chi connectivity index (χ2v) is 7.03. The Kier molecular flexibility index (Phi) is 7.00. The van der Waals surface area contributed by atoms with Crippen LogP contribution in [0.4, 0.5) is 4.39 Å². The molecule has 1 saturated heterocycles. The molecule has 158 valence electrons. The summed E-state index contributed by atoms with van der Waals surface area (Å²) in [7, 11) is 0. The average Bonchev–Trinajstić information content (AvgIpc) is 2.76. The van der Waals surface area contributed by atoms with E-state index in [4.69, 9.17) is 4.74 Å². The van der Waals surface area contributed by atoms with Crippen molar-refractivity contribution in [2.75, 3.05) is 6.54 Å². The summed E-state index contributed by atoms with van der Waals surface area (Å²) < 4.78 is 19.0. The van der Waals surface area contributed by atoms with E-state index >= 15 is 0 Å². The number of carbonyl (C=O) groups excluding carboxylic acids is 3. The summed E-state index contributed by atoms with van der Waals surface area (Å²) in [6, 6.07) is 13.8. The van der Waals surface area contributed by atoms with Gasteiger partial charge >= 0.3 is 0 Å². The zero-order chi connectivity index (χ0) is 21.5. The topological polar surface area (TPSA) is 87.7 Å². The van der Waals surface area contributed by atoms with Gasteiger partial charge in [0.25, 0.3) is 11.8 Å². The molecule has 2 N–H and O–H groups in total. The fourth-order valence-corrected chi connectivity index (χ4v) is 3.29. The summed E-state index contributed by atoms with van der Waals surface area (Å²) in [6.07, 6.45) is 0.938. The molecular formula is C22H24FN3O4. The van der Waals surface area contributed by atoms with Crippen LogP contribution in [0.1, 0.15) is 37.8 Å². The van der Waals surface area contributed by atoms with Gasteiger partial charge in [-0.15, -0.1) is 0 Å². The minimum Gasteiger partial charge on any atom is -0.478 e. The van der Waals surface area contributed by atoms with Crippen molar-refractivity contribution >= 4 is 17.7 Å². The molecule has 0 radical (unpaired) electrons. The first-order valence-corrected chi connectivity index (χ1v) is 9.82. The maximum Gasteiger partial charge on any atom is 0.279 e. The van der Waals surface area contributed by atoms with Crippen LogP contribution in [0.3, 0.4) is 0 Å². The summed E-state index contributed by atoms with van der Waals surface area (Å²) in [5.74, 6) is -1.94. The smallest absolute Gasteiger partial charge is 0.279 e. The van der Waals surface area contributed by atoms with Crippen LogP contribution in [0.15, 0.2) is 54.6 Å². The molecule has 2 unspecified atom stereocenters. The number of likely N-dealkylation sites (tertiary alicyclic amines) is 1. The Balaban J connectivity index is 1.66. The van der Waals surface area contributed by atoms with Gasteiger partial charge in [-0.05, 0) is 37.5 Å². The molecule has 0 saturated carbocycles. The summed E-state index contributed by atoms with van der Waals surface area (Å²) in [5, 5.41) is 0. The van der Waals surface area contributed by atoms with Crippen molar-refractivity contribution in [1.82, 2.24) is 15.8 Å². The maximum atomic E-state index is 13.7. The van der Waals surface area contributed by atoms with Gasteiger partial charge in [0.15, 0.2) is 17.7 Å². The molecule has 0 aliphatic carbocycles. The van der Waals surface area contributed by atoms with Crippen LogP contribution in [0.25, 0.3) is 0 Å². The van der Waals surface area contributed by atoms with Crippen LogP contribution < -0.4 is 15.6 Å². The summed E-state index contributed by atoms with van der Waals surface area (Å²) in [6.45, 7) is 1.91. The Morgan fingerprint density at radius 2 is 1.67 bits per heavy atom. The van der Waals surface area contributed by atoms with Crippen LogP contribution in [-0.4, -0.2) is 35.3 Å². The quantitative estimate of drug-likeness (QED) is 0.713. The number of benzene rings is 2. The van der Waals surface area contributed by atoms with Crippen molar-refractivity contribution in [3.63, 3.8) is 0 Å². The number of para-hydroxylation sites is 1. The number of carbonyl (C=O) groups is 3. The summed E-state index contributed by atoms with van der Waals surface area (Å²) in [4.78, 5) is 39.1. The number of halogens is 1. The number of rotatable bonds is 6. The van der Waals surface area contributed by atoms with Gasteiger partial charge in [0.05, 0.1) is 0 Å². The lowest BCUT2D eigenvalue weighted by Gasteiger charge is -2.34. The number of hydrogen-bond donors (Lipinski definition) is 2. The minimum absolute atomic E-state index is 0.0625. The highest BCUT2D eigenvalue weighted by atomic mass is 19.1. The molecule has 2 aromatic carbocycles. The normalized spacial score (nSPS) is 15.8. The predicted molar refractivity (Wildman–Crippen MR) is 108 cm³/mol. The number of hydrazine groups is 1. The molecule has 3 amide bonds. The number of ether oxygens (including phenoxy) is 1. The van der Waals surface area contributed by atoms with Gasteiger partial charge in [-0.3, -0.25) is 25.2 Å². The Labute approximate surface area is 174 Å². The fourth-order valence-electron chi connectivity index (χ4n) is 3.29. The maximum absolute atomic E-state index is 13.7. The minimum atomic E-state index is -1.05. The van der Waals surface area contributed by atoms with E-state index in [0.29, 0.717) is 18.5 Å². The van der Waals surface area contributed by atoms with E-state index in [1.54, 1.807) is 30.3 Å². The standard InChI is InChI=1S/C22H24FN3O4/c1-15(30-18-12-6-5-11-17(18)23)21(28)24-25-22(29)20(16-9-3-2-4-10-16)26-14-8-7-13-19(26)27/h2-6,9-12,15,20H,7-8,13-14H2,1H3,(H,24,28)(H,25,29). The fraction of sp³-hybridized carbons (Fsp3) is 0.318. The number of hydrogen-bond acceptors (Lipinski definition) is 4. The Morgan fingerprint density at radius 1 is 1.00 bits per heavy atom. The lowest BCUT2D eigenvalue weighted by Crippen LogP contribution is -2.52. The molecule has 1 aliphatic rings. The highest BCUT2D eigenvalue weighted by molar-refractivity contribution is 5.91. The van der Waals surface area contributed by atoms with Gasteiger partial charge in [0.1, 0.15) is 6.04 Å². The van der Waals surface area contributed by atoms with E-state index < -0.39 is 29.8 Å². The molecule has 0 bridgehead atoms. The summed E-state index contributed by atoms with van der Waals surface area (Å²) in [5.41, 5.74) is 5.32. The number of amides is 3. The number of nitrogens with one attached hydrogen (secondary N) is 2. The van der Waals surface area contributed by atoms with E-state index in [9.17, 15) is 18.8 Å². The average molecular weight is 413 g/mol. The predicted octanol–water partition coefficient (Wildman–Crippen LogP) is 2.49. The van der Waals surface area contributed by atoms with Crippen LogP contribution in [0.2, 0.25) is 0 Å². The molecule has 7 nitrogen and oxygen atoms in total. The van der Waals surface area contributed by atoms with Crippen molar-refractivity contribution in [3.05, 3.63) is 66.0 Å². The molecular weight excluding hydrogens is 389 g/mol. The first kappa shape index (κ1) is 21.3. The second-order valence-electron chi connectivity index (χ2n) is 7.03. The van der Waals surface area contributed by atoms with E-state index in [1.165, 1.54) is 30.0 Å². The molecule has 2 atom stereocenters. The largest absolute Gasteiger partial charge is 0.478 e. The van der Waals surface area contributed by atoms with E-state index in [0.717, 1.165) is 12.8 Å². The SMILES string of the molecule is CC(Oc1ccccc1F)C(=O)NNC(=O)C(c1ccccc1)N1CCCCC1=O. The zero-order valence-corrected chi connectivity index (χ0v) is 16.6. The van der Waals surface area contributed by atoms with Gasteiger partial charge in [-0.1, -0.05) is 42.5 Å². The van der Waals surface area contributed by atoms with Gasteiger partial charge < -0.3 is 9.64 Å². The molecule has 0 spiro atoms. The molecule has 2 aromatic rings. The van der Waals surface area contributed by atoms with Crippen molar-refractivity contribution in [1.29, 1.82) is 0 Å². The van der Waals surface area contributed by atoms with Gasteiger partial charge in [0.2, 0.25) is 5.91 Å². The highest BCUT2D eigenvalue weighted by Gasteiger charge is 2.33. The van der Waals surface area contributed by atoms with Crippen LogP contribution in [0.5, 0.6) is 5.75 Å². The molecule has 1 fully saturated rings. The third-order valence-corrected chi connectivity index (χ3v) is 4.85. The molecule has 8 heteroatoms. The van der Waals surface area contributed by atoms with E-state index in [2.05, 4.69) is 10.9 Å². The Bertz CT molecular complexity index is 906. The number of nitrogens with zero attached hydrogens (tertiary/aromatic N) is 1. The van der Waals surface area contributed by atoms with Gasteiger partial charge in [0, 0.05) is 13.0 Å². The Hall–Kier alpha value is -3.42. The monoisotopic (exact) mass is 413 g/mol. The number of piperidine rings is 1. The van der Waals surface area contributed by atoms with E-state index in [-0.39, 0.29) is 11.7 Å². The van der Waals surface area contributed by atoms with Gasteiger partial charge in [-0.25, -0.2) is 4.39 Å². The Morgan fingerprint density at radius 3 is 2.37 bits per heavy atom. The van der Waals surface area contributed by atoms with Crippen LogP contribution in [-0.2, 0) is 14.4 Å². The third-order valence-electron chi connectivity index (χ3n) is 4.85. The van der Waals surface area contributed by atoms with Crippen molar-refractivity contribution in [2.24, 2.45) is 0 Å². The molecule has 30 heavy (non-hydrogen) atoms. The first-order chi connectivity index (χ1) is 14.5. The summed E-state index contributed by atoms with van der Waals surface area (Å²) >= 11 is 0. The molecule has 0 aromatic heterocycles. The van der Waals surface area contributed by atoms with Crippen molar-refractivity contribution in [3.8, 4) is 5.75 Å². The third kappa shape index (κ3) is 5.14. The molecule has 1 aliphatic heterocycles. The second kappa shape index (κ2) is 9.87. The first-order valence-electron chi connectivity index (χ1n) is 9.82. The zero-order valence-electron chi connectivity index (χ0n) is 16.6. The molecule has 3 rings (SSSR count). The van der Waals surface area contributed by atoms with Crippen molar-refractivity contribution in [2.45, 2.75) is 38.3 Å². The lowest BCUT2D eigenvalue weighted by atomic mass is 10.0. The molecule has 1 heterocycles.